The Hall–Kier alpha value is -2.90. The molecule has 3 aromatic carbocycles. The molecule has 6 nitrogen and oxygen atoms in total. The highest BCUT2D eigenvalue weighted by atomic mass is 32.2. The summed E-state index contributed by atoms with van der Waals surface area (Å²) in [6.45, 7) is 6.01. The average Bonchev–Trinajstić information content (AvgIpc) is 2.86. The molecule has 0 saturated carbocycles. The lowest BCUT2D eigenvalue weighted by Gasteiger charge is -2.30. The van der Waals surface area contributed by atoms with Crippen LogP contribution in [0.1, 0.15) is 32.3 Å². The Morgan fingerprint density at radius 3 is 2.35 bits per heavy atom. The summed E-state index contributed by atoms with van der Waals surface area (Å²) in [5.41, 5.74) is 1.00. The van der Waals surface area contributed by atoms with E-state index in [9.17, 15) is 13.2 Å². The normalized spacial score (nSPS) is 15.5. The largest absolute Gasteiger partial charge is 0.493 e. The van der Waals surface area contributed by atoms with Crippen LogP contribution in [0.5, 0.6) is 5.75 Å². The van der Waals surface area contributed by atoms with E-state index in [1.165, 1.54) is 4.31 Å². The first kappa shape index (κ1) is 24.2. The van der Waals surface area contributed by atoms with Gasteiger partial charge in [-0.3, -0.25) is 4.79 Å². The molecule has 1 heterocycles. The summed E-state index contributed by atoms with van der Waals surface area (Å²) in [4.78, 5) is 13.0. The zero-order valence-electron chi connectivity index (χ0n) is 19.7. The van der Waals surface area contributed by atoms with E-state index in [1.54, 1.807) is 12.1 Å². The van der Waals surface area contributed by atoms with Gasteiger partial charge in [-0.2, -0.15) is 4.31 Å². The highest BCUT2D eigenvalue weighted by molar-refractivity contribution is 7.89. The zero-order chi connectivity index (χ0) is 24.1. The van der Waals surface area contributed by atoms with Gasteiger partial charge in [0.25, 0.3) is 0 Å². The molecule has 1 N–H and O–H groups in total. The van der Waals surface area contributed by atoms with E-state index in [-0.39, 0.29) is 11.8 Å². The van der Waals surface area contributed by atoms with E-state index < -0.39 is 10.0 Å². The summed E-state index contributed by atoms with van der Waals surface area (Å²) in [6.07, 6.45) is 1.03. The van der Waals surface area contributed by atoms with E-state index in [0.29, 0.717) is 49.9 Å². The third-order valence-corrected chi connectivity index (χ3v) is 8.05. The number of fused-ring (bicyclic) bond motifs is 1. The monoisotopic (exact) mass is 480 g/mol. The van der Waals surface area contributed by atoms with Crippen molar-refractivity contribution in [3.8, 4) is 5.75 Å². The number of carbonyl (C=O) groups excluding carboxylic acids is 1. The van der Waals surface area contributed by atoms with Crippen LogP contribution in [0.3, 0.4) is 0 Å². The van der Waals surface area contributed by atoms with Crippen molar-refractivity contribution in [2.75, 3.05) is 19.7 Å². The van der Waals surface area contributed by atoms with Gasteiger partial charge in [0.2, 0.25) is 15.9 Å². The predicted molar refractivity (Wildman–Crippen MR) is 134 cm³/mol. The molecule has 1 fully saturated rings. The second-order valence-electron chi connectivity index (χ2n) is 9.25. The van der Waals surface area contributed by atoms with Gasteiger partial charge in [-0.15, -0.1) is 0 Å². The maximum Gasteiger partial charge on any atom is 0.243 e. The molecular formula is C27H32N2O4S. The molecular weight excluding hydrogens is 448 g/mol. The van der Waals surface area contributed by atoms with Crippen molar-refractivity contribution in [2.24, 2.45) is 11.8 Å². The van der Waals surface area contributed by atoms with Crippen molar-refractivity contribution in [2.45, 2.75) is 38.1 Å². The number of ether oxygens (including phenoxy) is 1. The lowest BCUT2D eigenvalue weighted by molar-refractivity contribution is -0.126. The third-order valence-electron chi connectivity index (χ3n) is 6.16. The van der Waals surface area contributed by atoms with Crippen molar-refractivity contribution in [1.29, 1.82) is 0 Å². The Kier molecular flexibility index (Phi) is 7.54. The predicted octanol–water partition coefficient (Wildman–Crippen LogP) is 4.59. The van der Waals surface area contributed by atoms with E-state index >= 15 is 0 Å². The van der Waals surface area contributed by atoms with Gasteiger partial charge in [0.1, 0.15) is 5.75 Å². The summed E-state index contributed by atoms with van der Waals surface area (Å²) in [5, 5.41) is 4.91. The molecule has 0 bridgehead atoms. The molecule has 1 aliphatic rings. The lowest BCUT2D eigenvalue weighted by atomic mass is 9.97. The van der Waals surface area contributed by atoms with Crippen LogP contribution in [-0.4, -0.2) is 38.3 Å². The highest BCUT2D eigenvalue weighted by Gasteiger charge is 2.32. The average molecular weight is 481 g/mol. The number of hydrogen-bond acceptors (Lipinski definition) is 4. The van der Waals surface area contributed by atoms with Crippen LogP contribution in [0.15, 0.2) is 71.6 Å². The first-order chi connectivity index (χ1) is 16.3. The van der Waals surface area contributed by atoms with Gasteiger partial charge < -0.3 is 10.1 Å². The fraction of sp³-hybridized carbons (Fsp3) is 0.370. The number of amides is 1. The Balaban J connectivity index is 1.29. The maximum atomic E-state index is 13.1. The molecule has 1 saturated heterocycles. The molecule has 1 aliphatic heterocycles. The Morgan fingerprint density at radius 1 is 1.00 bits per heavy atom. The molecule has 7 heteroatoms. The van der Waals surface area contributed by atoms with Crippen LogP contribution < -0.4 is 10.1 Å². The third kappa shape index (κ3) is 5.77. The summed E-state index contributed by atoms with van der Waals surface area (Å²) in [6, 6.07) is 20.7. The quantitative estimate of drug-likeness (QED) is 0.512. The number of carbonyl (C=O) groups is 1. The fourth-order valence-corrected chi connectivity index (χ4v) is 5.64. The Morgan fingerprint density at radius 2 is 1.68 bits per heavy atom. The minimum Gasteiger partial charge on any atom is -0.493 e. The molecule has 1 amide bonds. The lowest BCUT2D eigenvalue weighted by Crippen LogP contribution is -2.42. The minimum absolute atomic E-state index is 0.0251. The maximum absolute atomic E-state index is 13.1. The molecule has 0 unspecified atom stereocenters. The number of nitrogens with zero attached hydrogens (tertiary/aromatic N) is 1. The van der Waals surface area contributed by atoms with E-state index in [4.69, 9.17) is 4.74 Å². The minimum atomic E-state index is -3.58. The Labute approximate surface area is 202 Å². The number of benzene rings is 3. The van der Waals surface area contributed by atoms with Crippen LogP contribution >= 0.6 is 0 Å². The molecule has 0 aliphatic carbocycles. The second kappa shape index (κ2) is 10.6. The van der Waals surface area contributed by atoms with E-state index in [0.717, 1.165) is 22.1 Å². The number of sulfonamides is 1. The van der Waals surface area contributed by atoms with Crippen LogP contribution in [0.4, 0.5) is 0 Å². The molecule has 180 valence electrons. The molecule has 4 rings (SSSR count). The van der Waals surface area contributed by atoms with Gasteiger partial charge >= 0.3 is 0 Å². The summed E-state index contributed by atoms with van der Waals surface area (Å²) in [5.74, 6) is 1.08. The highest BCUT2D eigenvalue weighted by Crippen LogP contribution is 2.26. The number of nitrogens with one attached hydrogen (secondary N) is 1. The van der Waals surface area contributed by atoms with Gasteiger partial charge in [0, 0.05) is 25.6 Å². The van der Waals surface area contributed by atoms with Gasteiger partial charge in [0.15, 0.2) is 0 Å². The topological polar surface area (TPSA) is 75.7 Å². The second-order valence-corrected chi connectivity index (χ2v) is 11.2. The SMILES string of the molecule is CC(C)COc1ccc(CNC(=O)C2CCN(S(=O)(=O)c3ccc4ccccc4c3)CC2)cc1. The standard InChI is InChI=1S/C27H32N2O4S/c1-20(2)19-33-25-10-7-21(8-11-25)18-28-27(30)23-13-15-29(16-14-23)34(31,32)26-12-9-22-5-3-4-6-24(22)17-26/h3-12,17,20,23H,13-16,18-19H2,1-2H3,(H,28,30). The van der Waals surface area contributed by atoms with Gasteiger partial charge in [-0.1, -0.05) is 56.3 Å². The van der Waals surface area contributed by atoms with Gasteiger partial charge in [0.05, 0.1) is 11.5 Å². The summed E-state index contributed by atoms with van der Waals surface area (Å²) >= 11 is 0. The van der Waals surface area contributed by atoms with Crippen molar-refractivity contribution >= 4 is 26.7 Å². The first-order valence-electron chi connectivity index (χ1n) is 11.8. The number of rotatable bonds is 8. The van der Waals surface area contributed by atoms with Crippen LogP contribution in [-0.2, 0) is 21.4 Å². The molecule has 34 heavy (non-hydrogen) atoms. The molecule has 0 radical (unpaired) electrons. The van der Waals surface area contributed by atoms with E-state index in [2.05, 4.69) is 19.2 Å². The van der Waals surface area contributed by atoms with Gasteiger partial charge in [-0.05, 0) is 59.4 Å². The first-order valence-corrected chi connectivity index (χ1v) is 13.3. The van der Waals surface area contributed by atoms with Crippen LogP contribution in [0, 0.1) is 11.8 Å². The summed E-state index contributed by atoms with van der Waals surface area (Å²) < 4.78 is 33.5. The smallest absolute Gasteiger partial charge is 0.243 e. The summed E-state index contributed by atoms with van der Waals surface area (Å²) in [7, 11) is -3.58. The van der Waals surface area contributed by atoms with Crippen molar-refractivity contribution in [3.05, 3.63) is 72.3 Å². The van der Waals surface area contributed by atoms with E-state index in [1.807, 2.05) is 54.6 Å². The zero-order valence-corrected chi connectivity index (χ0v) is 20.6. The van der Waals surface area contributed by atoms with Crippen LogP contribution in [0.2, 0.25) is 0 Å². The molecule has 0 atom stereocenters. The van der Waals surface area contributed by atoms with Crippen molar-refractivity contribution in [1.82, 2.24) is 9.62 Å². The molecule has 0 spiro atoms. The number of piperidine rings is 1. The molecule has 3 aromatic rings. The fourth-order valence-electron chi connectivity index (χ4n) is 4.14. The van der Waals surface area contributed by atoms with Crippen LogP contribution in [0.25, 0.3) is 10.8 Å². The number of hydrogen-bond donors (Lipinski definition) is 1. The molecule has 0 aromatic heterocycles. The van der Waals surface area contributed by atoms with Crippen molar-refractivity contribution < 1.29 is 17.9 Å². The Bertz CT molecular complexity index is 1230. The van der Waals surface area contributed by atoms with Crippen molar-refractivity contribution in [3.63, 3.8) is 0 Å². The van der Waals surface area contributed by atoms with Gasteiger partial charge in [-0.25, -0.2) is 8.42 Å².